The fraction of sp³-hybridized carbons (Fsp3) is 0.250. The summed E-state index contributed by atoms with van der Waals surface area (Å²) in [6.45, 7) is 4.14. The van der Waals surface area contributed by atoms with E-state index in [1.54, 1.807) is 12.1 Å². The summed E-state index contributed by atoms with van der Waals surface area (Å²) in [5, 5.41) is 0. The Bertz CT molecular complexity index is 595. The van der Waals surface area contributed by atoms with Gasteiger partial charge in [0, 0.05) is 6.04 Å². The third-order valence-corrected chi connectivity index (χ3v) is 3.87. The lowest BCUT2D eigenvalue weighted by atomic mass is 9.95. The Hall–Kier alpha value is -1.19. The molecular formula is C16H17BrFN. The zero-order chi connectivity index (χ0) is 14.0. The van der Waals surface area contributed by atoms with E-state index >= 15 is 0 Å². The molecule has 0 saturated carbocycles. The van der Waals surface area contributed by atoms with Crippen molar-refractivity contribution >= 4 is 15.9 Å². The van der Waals surface area contributed by atoms with Crippen molar-refractivity contribution in [1.29, 1.82) is 0 Å². The number of halogens is 2. The van der Waals surface area contributed by atoms with Crippen molar-refractivity contribution in [3.8, 4) is 0 Å². The first-order valence-electron chi connectivity index (χ1n) is 6.24. The number of benzene rings is 2. The summed E-state index contributed by atoms with van der Waals surface area (Å²) < 4.78 is 13.7. The van der Waals surface area contributed by atoms with E-state index in [1.807, 2.05) is 0 Å². The molecule has 2 aromatic rings. The maximum atomic E-state index is 13.2. The molecule has 1 unspecified atom stereocenters. The molecule has 0 aliphatic rings. The van der Waals surface area contributed by atoms with Crippen LogP contribution in [0.2, 0.25) is 0 Å². The molecule has 19 heavy (non-hydrogen) atoms. The fourth-order valence-electron chi connectivity index (χ4n) is 2.27. The third-order valence-electron chi connectivity index (χ3n) is 3.26. The Labute approximate surface area is 121 Å². The average molecular weight is 322 g/mol. The Morgan fingerprint density at radius 1 is 1.16 bits per heavy atom. The molecule has 2 aromatic carbocycles. The van der Waals surface area contributed by atoms with Crippen LogP contribution in [0.4, 0.5) is 4.39 Å². The Balaban J connectivity index is 2.20. The van der Waals surface area contributed by atoms with Crippen molar-refractivity contribution < 1.29 is 4.39 Å². The first-order valence-corrected chi connectivity index (χ1v) is 7.03. The van der Waals surface area contributed by atoms with Crippen LogP contribution in [0, 0.1) is 19.7 Å². The molecule has 2 rings (SSSR count). The van der Waals surface area contributed by atoms with E-state index in [9.17, 15) is 4.39 Å². The van der Waals surface area contributed by atoms with Crippen LogP contribution in [-0.2, 0) is 6.42 Å². The number of aryl methyl sites for hydroxylation is 2. The van der Waals surface area contributed by atoms with E-state index in [-0.39, 0.29) is 11.9 Å². The smallest absolute Gasteiger partial charge is 0.137 e. The molecule has 1 nitrogen and oxygen atoms in total. The highest BCUT2D eigenvalue weighted by Crippen LogP contribution is 2.23. The number of hydrogen-bond donors (Lipinski definition) is 1. The molecule has 0 fully saturated rings. The van der Waals surface area contributed by atoms with Gasteiger partial charge in [0.05, 0.1) is 4.47 Å². The summed E-state index contributed by atoms with van der Waals surface area (Å²) in [5.74, 6) is -0.246. The van der Waals surface area contributed by atoms with E-state index in [1.165, 1.54) is 17.2 Å². The second-order valence-corrected chi connectivity index (χ2v) is 5.77. The maximum Gasteiger partial charge on any atom is 0.137 e. The van der Waals surface area contributed by atoms with Crippen LogP contribution in [0.5, 0.6) is 0 Å². The van der Waals surface area contributed by atoms with Gasteiger partial charge in [0.25, 0.3) is 0 Å². The fourth-order valence-corrected chi connectivity index (χ4v) is 2.70. The van der Waals surface area contributed by atoms with Gasteiger partial charge in [-0.3, -0.25) is 0 Å². The van der Waals surface area contributed by atoms with E-state index in [4.69, 9.17) is 5.73 Å². The average Bonchev–Trinajstić information content (AvgIpc) is 2.33. The quantitative estimate of drug-likeness (QED) is 0.888. The van der Waals surface area contributed by atoms with Crippen LogP contribution in [0.15, 0.2) is 40.9 Å². The molecule has 0 radical (unpaired) electrons. The van der Waals surface area contributed by atoms with Crippen LogP contribution < -0.4 is 5.73 Å². The lowest BCUT2D eigenvalue weighted by Crippen LogP contribution is -2.14. The lowest BCUT2D eigenvalue weighted by Gasteiger charge is -2.15. The second kappa shape index (κ2) is 5.85. The number of rotatable bonds is 3. The van der Waals surface area contributed by atoms with Crippen LogP contribution >= 0.6 is 15.9 Å². The Morgan fingerprint density at radius 3 is 2.53 bits per heavy atom. The van der Waals surface area contributed by atoms with Crippen molar-refractivity contribution in [1.82, 2.24) is 0 Å². The summed E-state index contributed by atoms with van der Waals surface area (Å²) in [6.07, 6.45) is 0.697. The minimum Gasteiger partial charge on any atom is -0.324 e. The second-order valence-electron chi connectivity index (χ2n) is 4.92. The maximum absolute atomic E-state index is 13.2. The topological polar surface area (TPSA) is 26.0 Å². The Kier molecular flexibility index (Phi) is 4.38. The highest BCUT2D eigenvalue weighted by Gasteiger charge is 2.11. The molecule has 0 aliphatic carbocycles. The highest BCUT2D eigenvalue weighted by atomic mass is 79.9. The lowest BCUT2D eigenvalue weighted by molar-refractivity contribution is 0.618. The van der Waals surface area contributed by atoms with Gasteiger partial charge < -0.3 is 5.73 Å². The molecule has 0 amide bonds. The minimum atomic E-state index is -0.246. The molecule has 0 aliphatic heterocycles. The third kappa shape index (κ3) is 3.43. The van der Waals surface area contributed by atoms with Crippen LogP contribution in [-0.4, -0.2) is 0 Å². The Morgan fingerprint density at radius 2 is 1.89 bits per heavy atom. The van der Waals surface area contributed by atoms with Crippen molar-refractivity contribution in [3.63, 3.8) is 0 Å². The molecule has 100 valence electrons. The standard InChI is InChI=1S/C16H17BrFN/c1-10-3-5-13(11(2)7-10)16(19)9-12-4-6-15(18)14(17)8-12/h3-8,16H,9,19H2,1-2H3. The normalized spacial score (nSPS) is 12.5. The largest absolute Gasteiger partial charge is 0.324 e. The van der Waals surface area contributed by atoms with Gasteiger partial charge in [-0.25, -0.2) is 4.39 Å². The van der Waals surface area contributed by atoms with Gasteiger partial charge in [-0.15, -0.1) is 0 Å². The summed E-state index contributed by atoms with van der Waals surface area (Å²) in [7, 11) is 0. The van der Waals surface area contributed by atoms with Crippen molar-refractivity contribution in [2.75, 3.05) is 0 Å². The molecule has 0 saturated heterocycles. The van der Waals surface area contributed by atoms with Gasteiger partial charge in [0.15, 0.2) is 0 Å². The van der Waals surface area contributed by atoms with Gasteiger partial charge >= 0.3 is 0 Å². The van der Waals surface area contributed by atoms with Gasteiger partial charge in [0.2, 0.25) is 0 Å². The van der Waals surface area contributed by atoms with E-state index < -0.39 is 0 Å². The summed E-state index contributed by atoms with van der Waals surface area (Å²) in [4.78, 5) is 0. The molecular weight excluding hydrogens is 305 g/mol. The van der Waals surface area contributed by atoms with Gasteiger partial charge in [-0.2, -0.15) is 0 Å². The minimum absolute atomic E-state index is 0.0713. The molecule has 2 N–H and O–H groups in total. The van der Waals surface area contributed by atoms with Crippen LogP contribution in [0.3, 0.4) is 0 Å². The highest BCUT2D eigenvalue weighted by molar-refractivity contribution is 9.10. The zero-order valence-corrected chi connectivity index (χ0v) is 12.7. The first-order chi connectivity index (χ1) is 8.97. The van der Waals surface area contributed by atoms with E-state index in [0.29, 0.717) is 10.9 Å². The van der Waals surface area contributed by atoms with Crippen molar-refractivity contribution in [3.05, 3.63) is 68.9 Å². The zero-order valence-electron chi connectivity index (χ0n) is 11.1. The molecule has 0 aromatic heterocycles. The first kappa shape index (κ1) is 14.2. The summed E-state index contributed by atoms with van der Waals surface area (Å²) in [5.41, 5.74) is 10.9. The van der Waals surface area contributed by atoms with Crippen molar-refractivity contribution in [2.45, 2.75) is 26.3 Å². The SMILES string of the molecule is Cc1ccc(C(N)Cc2ccc(F)c(Br)c2)c(C)c1. The predicted molar refractivity (Wildman–Crippen MR) is 80.6 cm³/mol. The van der Waals surface area contributed by atoms with Gasteiger partial charge in [-0.1, -0.05) is 29.8 Å². The summed E-state index contributed by atoms with van der Waals surface area (Å²) >= 11 is 3.20. The molecule has 0 bridgehead atoms. The molecule has 0 heterocycles. The predicted octanol–water partition coefficient (Wildman–Crippen LogP) is 4.45. The van der Waals surface area contributed by atoms with Crippen LogP contribution in [0.25, 0.3) is 0 Å². The molecule has 1 atom stereocenters. The van der Waals surface area contributed by atoms with E-state index in [0.717, 1.165) is 11.1 Å². The monoisotopic (exact) mass is 321 g/mol. The van der Waals surface area contributed by atoms with Crippen LogP contribution in [0.1, 0.15) is 28.3 Å². The van der Waals surface area contributed by atoms with Crippen molar-refractivity contribution in [2.24, 2.45) is 5.73 Å². The molecule has 0 spiro atoms. The number of hydrogen-bond acceptors (Lipinski definition) is 1. The van der Waals surface area contributed by atoms with E-state index in [2.05, 4.69) is 48.0 Å². The van der Waals surface area contributed by atoms with Gasteiger partial charge in [-0.05, 0) is 65.0 Å². The van der Waals surface area contributed by atoms with Gasteiger partial charge in [0.1, 0.15) is 5.82 Å². The number of nitrogens with two attached hydrogens (primary N) is 1. The molecule has 3 heteroatoms. The summed E-state index contributed by atoms with van der Waals surface area (Å²) in [6, 6.07) is 11.3.